The van der Waals surface area contributed by atoms with Gasteiger partial charge in [-0.25, -0.2) is 0 Å². The van der Waals surface area contributed by atoms with Crippen molar-refractivity contribution in [3.8, 4) is 5.75 Å². The fourth-order valence-corrected chi connectivity index (χ4v) is 2.72. The van der Waals surface area contributed by atoms with E-state index in [1.807, 2.05) is 0 Å². The van der Waals surface area contributed by atoms with Crippen LogP contribution in [-0.2, 0) is 9.53 Å². The van der Waals surface area contributed by atoms with Gasteiger partial charge in [0.05, 0.1) is 31.1 Å². The second-order valence-electron chi connectivity index (χ2n) is 5.74. The van der Waals surface area contributed by atoms with Gasteiger partial charge in [-0.1, -0.05) is 23.7 Å². The number of amides is 1. The number of methoxy groups -OCH3 is 1. The summed E-state index contributed by atoms with van der Waals surface area (Å²) < 4.78 is 10.2. The number of esters is 1. The number of nitro groups is 1. The minimum absolute atomic E-state index is 0.0489. The molecule has 1 N–H and O–H groups in total. The smallest absolute Gasteiger partial charge is 0.308 e. The minimum Gasteiger partial charge on any atom is -0.497 e. The molecule has 148 valence electrons. The average Bonchev–Trinajstić information content (AvgIpc) is 2.67. The Hall–Kier alpha value is -3.13. The van der Waals surface area contributed by atoms with Crippen LogP contribution in [0.25, 0.3) is 0 Å². The molecule has 0 saturated heterocycles. The summed E-state index contributed by atoms with van der Waals surface area (Å²) in [5, 5.41) is 13.7. The van der Waals surface area contributed by atoms with Gasteiger partial charge in [-0.3, -0.25) is 19.7 Å². The van der Waals surface area contributed by atoms with Crippen LogP contribution in [0.4, 0.5) is 5.69 Å². The van der Waals surface area contributed by atoms with Gasteiger partial charge in [-0.2, -0.15) is 0 Å². The van der Waals surface area contributed by atoms with E-state index in [2.05, 4.69) is 5.32 Å². The zero-order valence-electron chi connectivity index (χ0n) is 15.3. The number of carbonyl (C=O) groups is 2. The van der Waals surface area contributed by atoms with Crippen molar-refractivity contribution in [1.29, 1.82) is 0 Å². The third-order valence-corrected chi connectivity index (χ3v) is 4.20. The van der Waals surface area contributed by atoms with Gasteiger partial charge in [0.1, 0.15) is 10.8 Å². The van der Waals surface area contributed by atoms with Crippen LogP contribution in [-0.4, -0.2) is 30.5 Å². The molecule has 0 spiro atoms. The lowest BCUT2D eigenvalue weighted by molar-refractivity contribution is -0.384. The summed E-state index contributed by atoms with van der Waals surface area (Å²) in [5.74, 6) is -0.516. The van der Waals surface area contributed by atoms with Crippen LogP contribution in [0.1, 0.15) is 35.3 Å². The molecular weight excluding hydrogens is 388 g/mol. The van der Waals surface area contributed by atoms with Gasteiger partial charge in [0.25, 0.3) is 11.6 Å². The van der Waals surface area contributed by atoms with Gasteiger partial charge in [0.2, 0.25) is 0 Å². The van der Waals surface area contributed by atoms with E-state index >= 15 is 0 Å². The van der Waals surface area contributed by atoms with Crippen molar-refractivity contribution < 1.29 is 24.0 Å². The van der Waals surface area contributed by atoms with Gasteiger partial charge in [-0.15, -0.1) is 0 Å². The van der Waals surface area contributed by atoms with Crippen molar-refractivity contribution in [2.24, 2.45) is 0 Å². The Morgan fingerprint density at radius 1 is 1.25 bits per heavy atom. The van der Waals surface area contributed by atoms with Crippen LogP contribution in [0, 0.1) is 10.1 Å². The number of benzene rings is 2. The molecule has 0 unspecified atom stereocenters. The quantitative estimate of drug-likeness (QED) is 0.407. The van der Waals surface area contributed by atoms with Crippen LogP contribution in [0.2, 0.25) is 5.02 Å². The number of ether oxygens (including phenoxy) is 2. The van der Waals surface area contributed by atoms with Crippen molar-refractivity contribution in [3.05, 3.63) is 68.7 Å². The summed E-state index contributed by atoms with van der Waals surface area (Å²) in [7, 11) is 1.50. The second kappa shape index (κ2) is 9.70. The number of nitro benzene ring substituents is 1. The van der Waals surface area contributed by atoms with E-state index in [9.17, 15) is 19.7 Å². The predicted molar refractivity (Wildman–Crippen MR) is 103 cm³/mol. The second-order valence-corrected chi connectivity index (χ2v) is 6.14. The molecule has 2 aromatic carbocycles. The SMILES string of the molecule is CCOC(=O)C[C@@H](NC(=O)c1ccc(Cl)c([N+](=O)[O-])c1)c1cccc(OC)c1. The molecule has 0 bridgehead atoms. The Morgan fingerprint density at radius 3 is 2.64 bits per heavy atom. The van der Waals surface area contributed by atoms with Gasteiger partial charge in [0.15, 0.2) is 0 Å². The van der Waals surface area contributed by atoms with Crippen molar-refractivity contribution in [1.82, 2.24) is 5.32 Å². The van der Waals surface area contributed by atoms with Crippen molar-refractivity contribution in [2.75, 3.05) is 13.7 Å². The number of hydrogen-bond donors (Lipinski definition) is 1. The zero-order valence-corrected chi connectivity index (χ0v) is 16.1. The number of hydrogen-bond acceptors (Lipinski definition) is 6. The molecule has 0 aromatic heterocycles. The fourth-order valence-electron chi connectivity index (χ4n) is 2.53. The molecule has 0 saturated carbocycles. The van der Waals surface area contributed by atoms with E-state index in [4.69, 9.17) is 21.1 Å². The van der Waals surface area contributed by atoms with Crippen LogP contribution in [0.5, 0.6) is 5.75 Å². The summed E-state index contributed by atoms with van der Waals surface area (Å²) in [6.45, 7) is 1.89. The van der Waals surface area contributed by atoms with Crippen molar-refractivity contribution >= 4 is 29.2 Å². The molecule has 2 aromatic rings. The molecule has 0 aliphatic carbocycles. The van der Waals surface area contributed by atoms with Gasteiger partial charge < -0.3 is 14.8 Å². The molecule has 0 aliphatic rings. The Morgan fingerprint density at radius 2 is 2.00 bits per heavy atom. The lowest BCUT2D eigenvalue weighted by Crippen LogP contribution is -2.30. The molecule has 0 radical (unpaired) electrons. The lowest BCUT2D eigenvalue weighted by Gasteiger charge is -2.19. The van der Waals surface area contributed by atoms with Crippen LogP contribution in [0.3, 0.4) is 0 Å². The molecule has 8 nitrogen and oxygen atoms in total. The van der Waals surface area contributed by atoms with Crippen LogP contribution in [0.15, 0.2) is 42.5 Å². The molecule has 1 amide bonds. The van der Waals surface area contributed by atoms with Gasteiger partial charge in [-0.05, 0) is 36.8 Å². The van der Waals surface area contributed by atoms with E-state index in [1.54, 1.807) is 31.2 Å². The molecule has 2 rings (SSSR count). The Bertz CT molecular complexity index is 886. The Labute approximate surface area is 166 Å². The first-order chi connectivity index (χ1) is 13.3. The molecule has 1 atom stereocenters. The topological polar surface area (TPSA) is 108 Å². The standard InChI is InChI=1S/C19H19ClN2O6/c1-3-28-18(23)11-16(12-5-4-6-14(9-12)27-2)21-19(24)13-7-8-15(20)17(10-13)22(25)26/h4-10,16H,3,11H2,1-2H3,(H,21,24)/t16-/m1/s1. The van der Waals surface area contributed by atoms with Crippen molar-refractivity contribution in [2.45, 2.75) is 19.4 Å². The number of halogens is 1. The zero-order chi connectivity index (χ0) is 20.7. The third kappa shape index (κ3) is 5.43. The largest absolute Gasteiger partial charge is 0.497 e. The Kier molecular flexibility index (Phi) is 7.34. The minimum atomic E-state index is -0.712. The molecule has 0 aliphatic heterocycles. The maximum absolute atomic E-state index is 12.6. The molecule has 9 heteroatoms. The number of nitrogens with zero attached hydrogens (tertiary/aromatic N) is 1. The monoisotopic (exact) mass is 406 g/mol. The van der Waals surface area contributed by atoms with E-state index < -0.39 is 22.8 Å². The normalized spacial score (nSPS) is 11.4. The summed E-state index contributed by atoms with van der Waals surface area (Å²) in [5.41, 5.74) is 0.301. The summed E-state index contributed by atoms with van der Waals surface area (Å²) in [4.78, 5) is 35.0. The first kappa shape index (κ1) is 21.2. The maximum atomic E-state index is 12.6. The number of rotatable bonds is 8. The summed E-state index contributed by atoms with van der Waals surface area (Å²) in [6, 6.07) is 9.91. The first-order valence-electron chi connectivity index (χ1n) is 8.40. The third-order valence-electron chi connectivity index (χ3n) is 3.88. The molecule has 0 heterocycles. The summed E-state index contributed by atoms with van der Waals surface area (Å²) >= 11 is 5.79. The number of nitrogens with one attached hydrogen (secondary N) is 1. The highest BCUT2D eigenvalue weighted by Crippen LogP contribution is 2.26. The molecular formula is C19H19ClN2O6. The van der Waals surface area contributed by atoms with E-state index in [1.165, 1.54) is 19.2 Å². The fraction of sp³-hybridized carbons (Fsp3) is 0.263. The van der Waals surface area contributed by atoms with Crippen molar-refractivity contribution in [3.63, 3.8) is 0 Å². The lowest BCUT2D eigenvalue weighted by atomic mass is 10.0. The maximum Gasteiger partial charge on any atom is 0.308 e. The van der Waals surface area contributed by atoms with Gasteiger partial charge >= 0.3 is 5.97 Å². The average molecular weight is 407 g/mol. The van der Waals surface area contributed by atoms with E-state index in [0.717, 1.165) is 6.07 Å². The highest BCUT2D eigenvalue weighted by Gasteiger charge is 2.22. The van der Waals surface area contributed by atoms with Crippen LogP contribution < -0.4 is 10.1 Å². The van der Waals surface area contributed by atoms with E-state index in [0.29, 0.717) is 11.3 Å². The molecule has 0 fully saturated rings. The highest BCUT2D eigenvalue weighted by molar-refractivity contribution is 6.32. The van der Waals surface area contributed by atoms with E-state index in [-0.39, 0.29) is 29.3 Å². The highest BCUT2D eigenvalue weighted by atomic mass is 35.5. The number of carbonyl (C=O) groups excluding carboxylic acids is 2. The predicted octanol–water partition coefficient (Wildman–Crippen LogP) is 3.68. The summed E-state index contributed by atoms with van der Waals surface area (Å²) in [6.07, 6.45) is -0.109. The van der Waals surface area contributed by atoms with Gasteiger partial charge in [0, 0.05) is 11.6 Å². The Balaban J connectivity index is 2.30. The van der Waals surface area contributed by atoms with Crippen LogP contribution >= 0.6 is 11.6 Å². The first-order valence-corrected chi connectivity index (χ1v) is 8.77. The molecule has 28 heavy (non-hydrogen) atoms.